The molecule has 3 heterocycles. The number of halogens is 3. The summed E-state index contributed by atoms with van der Waals surface area (Å²) < 4.78 is 29.5. The highest BCUT2D eigenvalue weighted by molar-refractivity contribution is 14.1. The average Bonchev–Trinajstić information content (AvgIpc) is 3.68. The molecule has 0 aliphatic carbocycles. The molecule has 0 saturated carbocycles. The molecule has 5 aromatic rings. The van der Waals surface area contributed by atoms with Crippen LogP contribution in [-0.4, -0.2) is 13.3 Å². The Kier molecular flexibility index (Phi) is 7.79. The summed E-state index contributed by atoms with van der Waals surface area (Å²) in [6.45, 7) is 0.235. The van der Waals surface area contributed by atoms with Crippen LogP contribution in [0.1, 0.15) is 16.7 Å². The van der Waals surface area contributed by atoms with Crippen LogP contribution in [0.25, 0.3) is 22.8 Å². The van der Waals surface area contributed by atoms with Crippen LogP contribution in [0.5, 0.6) is 11.5 Å². The number of benzene rings is 2. The van der Waals surface area contributed by atoms with E-state index in [1.165, 1.54) is 12.5 Å². The molecule has 5 rings (SSSR count). The molecule has 0 unspecified atom stereocenters. The van der Waals surface area contributed by atoms with Crippen LogP contribution >= 0.6 is 45.8 Å². The number of methoxy groups -OCH3 is 1. The second kappa shape index (κ2) is 11.4. The SMILES string of the molecule is COc1cc(C=Nc2oc(-c3ccco3)c(-c3ccco3)c2C#N)cc(I)c1OCc1ccc(Cl)cc1Cl. The molecule has 10 heteroatoms. The maximum atomic E-state index is 9.95. The Balaban J connectivity index is 1.46. The van der Waals surface area contributed by atoms with E-state index >= 15 is 0 Å². The van der Waals surface area contributed by atoms with E-state index in [9.17, 15) is 5.26 Å². The Bertz CT molecular complexity index is 1650. The Morgan fingerprint density at radius 2 is 1.82 bits per heavy atom. The fraction of sp³-hybridized carbons (Fsp3) is 0.0714. The Morgan fingerprint density at radius 1 is 1.05 bits per heavy atom. The molecule has 2 aromatic carbocycles. The Labute approximate surface area is 241 Å². The summed E-state index contributed by atoms with van der Waals surface area (Å²) in [6, 6.07) is 18.0. The zero-order valence-electron chi connectivity index (χ0n) is 19.7. The fourth-order valence-corrected chi connectivity index (χ4v) is 4.97. The third-order valence-corrected chi connectivity index (χ3v) is 6.87. The van der Waals surface area contributed by atoms with Gasteiger partial charge in [-0.15, -0.1) is 0 Å². The first-order valence-electron chi connectivity index (χ1n) is 11.1. The molecule has 0 radical (unpaired) electrons. The van der Waals surface area contributed by atoms with Crippen molar-refractivity contribution in [2.24, 2.45) is 4.99 Å². The summed E-state index contributed by atoms with van der Waals surface area (Å²) in [5.74, 6) is 2.47. The number of hydrogen-bond acceptors (Lipinski definition) is 7. The normalized spacial score (nSPS) is 11.1. The van der Waals surface area contributed by atoms with Gasteiger partial charge in [0.25, 0.3) is 0 Å². The van der Waals surface area contributed by atoms with E-state index in [-0.39, 0.29) is 18.1 Å². The molecule has 0 aliphatic heterocycles. The maximum absolute atomic E-state index is 9.95. The van der Waals surface area contributed by atoms with E-state index in [0.29, 0.717) is 50.0 Å². The van der Waals surface area contributed by atoms with E-state index in [1.807, 2.05) is 12.1 Å². The van der Waals surface area contributed by atoms with Crippen LogP contribution in [0.4, 0.5) is 5.88 Å². The fourth-order valence-electron chi connectivity index (χ4n) is 3.73. The van der Waals surface area contributed by atoms with Gasteiger partial charge in [0.1, 0.15) is 24.0 Å². The van der Waals surface area contributed by atoms with Crippen LogP contribution in [0.2, 0.25) is 10.0 Å². The van der Waals surface area contributed by atoms with E-state index in [4.69, 9.17) is 45.9 Å². The lowest BCUT2D eigenvalue weighted by Gasteiger charge is -2.14. The molecular formula is C28H17Cl2IN2O5. The number of ether oxygens (including phenoxy) is 2. The van der Waals surface area contributed by atoms with E-state index in [2.05, 4.69) is 33.7 Å². The quantitative estimate of drug-likeness (QED) is 0.122. The summed E-state index contributed by atoms with van der Waals surface area (Å²) in [7, 11) is 1.56. The molecule has 38 heavy (non-hydrogen) atoms. The second-order valence-corrected chi connectivity index (χ2v) is 9.88. The van der Waals surface area contributed by atoms with Gasteiger partial charge in [-0.25, -0.2) is 4.99 Å². The van der Waals surface area contributed by atoms with E-state index in [1.54, 1.807) is 55.8 Å². The highest BCUT2D eigenvalue weighted by Gasteiger charge is 2.26. The van der Waals surface area contributed by atoms with Crippen molar-refractivity contribution in [1.29, 1.82) is 5.26 Å². The zero-order valence-corrected chi connectivity index (χ0v) is 23.4. The van der Waals surface area contributed by atoms with Crippen LogP contribution in [0.3, 0.4) is 0 Å². The van der Waals surface area contributed by atoms with Gasteiger partial charge in [0, 0.05) is 21.8 Å². The van der Waals surface area contributed by atoms with Gasteiger partial charge in [-0.05, 0) is 76.7 Å². The first-order chi connectivity index (χ1) is 18.5. The molecule has 0 aliphatic rings. The molecule has 0 saturated heterocycles. The van der Waals surface area contributed by atoms with Gasteiger partial charge in [-0.1, -0.05) is 29.3 Å². The highest BCUT2D eigenvalue weighted by atomic mass is 127. The standard InChI is InChI=1S/C28H17Cl2IN2O5/c1-34-24-11-16(10-21(31)26(24)37-15-17-6-7-18(29)12-20(17)30)14-33-28-19(13-32)25(22-4-2-8-35-22)27(38-28)23-5-3-9-36-23/h2-12,14H,15H2,1H3. The molecule has 0 fully saturated rings. The zero-order chi connectivity index (χ0) is 26.6. The van der Waals surface area contributed by atoms with Crippen molar-refractivity contribution in [1.82, 2.24) is 0 Å². The van der Waals surface area contributed by atoms with Crippen LogP contribution in [0.15, 0.2) is 85.4 Å². The van der Waals surface area contributed by atoms with Gasteiger partial charge < -0.3 is 22.7 Å². The van der Waals surface area contributed by atoms with Crippen molar-refractivity contribution in [3.63, 3.8) is 0 Å². The summed E-state index contributed by atoms with van der Waals surface area (Å²) in [5, 5.41) is 11.0. The highest BCUT2D eigenvalue weighted by Crippen LogP contribution is 2.43. The van der Waals surface area contributed by atoms with Gasteiger partial charge in [0.05, 0.1) is 28.8 Å². The Morgan fingerprint density at radius 3 is 2.47 bits per heavy atom. The molecular weight excluding hydrogens is 642 g/mol. The number of rotatable bonds is 8. The minimum atomic E-state index is 0.122. The van der Waals surface area contributed by atoms with Gasteiger partial charge in [-0.3, -0.25) is 0 Å². The largest absolute Gasteiger partial charge is 0.493 e. The number of aliphatic imine (C=N–C) groups is 1. The van der Waals surface area contributed by atoms with Crippen LogP contribution in [0, 0.1) is 14.9 Å². The van der Waals surface area contributed by atoms with Crippen molar-refractivity contribution in [2.45, 2.75) is 6.61 Å². The topological polar surface area (TPSA) is 94.0 Å². The first-order valence-corrected chi connectivity index (χ1v) is 12.9. The third kappa shape index (κ3) is 5.31. The number of nitriles is 1. The van der Waals surface area contributed by atoms with E-state index in [0.717, 1.165) is 9.13 Å². The summed E-state index contributed by atoms with van der Waals surface area (Å²) in [6.07, 6.45) is 4.64. The molecule has 0 atom stereocenters. The van der Waals surface area contributed by atoms with Gasteiger partial charge >= 0.3 is 0 Å². The minimum absolute atomic E-state index is 0.122. The molecule has 3 aromatic heterocycles. The monoisotopic (exact) mass is 658 g/mol. The predicted octanol–water partition coefficient (Wildman–Crippen LogP) is 8.92. The van der Waals surface area contributed by atoms with Crippen molar-refractivity contribution in [2.75, 3.05) is 7.11 Å². The smallest absolute Gasteiger partial charge is 0.238 e. The van der Waals surface area contributed by atoms with E-state index < -0.39 is 0 Å². The second-order valence-electron chi connectivity index (χ2n) is 7.87. The van der Waals surface area contributed by atoms with Crippen LogP contribution < -0.4 is 9.47 Å². The molecule has 7 nitrogen and oxygen atoms in total. The lowest BCUT2D eigenvalue weighted by molar-refractivity contribution is 0.282. The molecule has 0 N–H and O–H groups in total. The minimum Gasteiger partial charge on any atom is -0.493 e. The van der Waals surface area contributed by atoms with Gasteiger partial charge in [-0.2, -0.15) is 5.26 Å². The summed E-state index contributed by atoms with van der Waals surface area (Å²) in [5.41, 5.74) is 2.20. The summed E-state index contributed by atoms with van der Waals surface area (Å²) in [4.78, 5) is 4.48. The maximum Gasteiger partial charge on any atom is 0.238 e. The lowest BCUT2D eigenvalue weighted by atomic mass is 10.1. The lowest BCUT2D eigenvalue weighted by Crippen LogP contribution is -2.01. The van der Waals surface area contributed by atoms with Crippen LogP contribution in [-0.2, 0) is 6.61 Å². The molecule has 190 valence electrons. The van der Waals surface area contributed by atoms with Crippen molar-refractivity contribution in [3.8, 4) is 40.4 Å². The number of hydrogen-bond donors (Lipinski definition) is 0. The molecule has 0 bridgehead atoms. The van der Waals surface area contributed by atoms with Crippen molar-refractivity contribution < 1.29 is 22.7 Å². The average molecular weight is 659 g/mol. The Hall–Kier alpha value is -3.65. The van der Waals surface area contributed by atoms with Gasteiger partial charge in [0.15, 0.2) is 23.0 Å². The summed E-state index contributed by atoms with van der Waals surface area (Å²) >= 11 is 14.4. The van der Waals surface area contributed by atoms with Crippen molar-refractivity contribution in [3.05, 3.63) is 97.4 Å². The van der Waals surface area contributed by atoms with Crippen molar-refractivity contribution >= 4 is 57.9 Å². The number of nitrogens with zero attached hydrogens (tertiary/aromatic N) is 2. The predicted molar refractivity (Wildman–Crippen MR) is 153 cm³/mol. The number of furan rings is 3. The molecule has 0 amide bonds. The molecule has 0 spiro atoms. The first kappa shape index (κ1) is 26.0. The van der Waals surface area contributed by atoms with Gasteiger partial charge in [0.2, 0.25) is 5.88 Å². The third-order valence-electron chi connectivity index (χ3n) is 5.48.